The van der Waals surface area contributed by atoms with Crippen LogP contribution in [0.5, 0.6) is 0 Å². The summed E-state index contributed by atoms with van der Waals surface area (Å²) in [5.74, 6) is 1.09. The molecule has 1 spiro atoms. The normalized spacial score (nSPS) is 28.8. The van der Waals surface area contributed by atoms with Gasteiger partial charge in [-0.1, -0.05) is 0 Å². The SMILES string of the molecule is CCS(=O)(=O)N1CCC2(CC1)[C@H]1CN(c3ncccn3)C[C@H]1C(=O)N2C. The molecule has 1 aromatic rings. The van der Waals surface area contributed by atoms with E-state index in [9.17, 15) is 13.2 Å². The predicted octanol–water partition coefficient (Wildman–Crippen LogP) is 0.185. The fourth-order valence-corrected chi connectivity index (χ4v) is 6.08. The number of aromatic nitrogens is 2. The maximum Gasteiger partial charge on any atom is 0.228 e. The standard InChI is InChI=1S/C17H25N5O3S/c1-3-26(24,25)22-9-5-17(6-10-22)14-12-21(16-18-7-4-8-19-16)11-13(14)15(23)20(17)2/h4,7-8,13-14H,3,5-6,9-12H2,1-2H3/t13-,14+/m1/s1. The molecule has 3 saturated heterocycles. The van der Waals surface area contributed by atoms with Crippen molar-refractivity contribution in [2.45, 2.75) is 25.3 Å². The van der Waals surface area contributed by atoms with E-state index in [2.05, 4.69) is 14.9 Å². The lowest BCUT2D eigenvalue weighted by atomic mass is 9.75. The number of hydrogen-bond donors (Lipinski definition) is 0. The Kier molecular flexibility index (Phi) is 4.18. The number of sulfonamides is 1. The fraction of sp³-hybridized carbons (Fsp3) is 0.706. The Morgan fingerprint density at radius 3 is 2.46 bits per heavy atom. The Morgan fingerprint density at radius 1 is 1.19 bits per heavy atom. The van der Waals surface area contributed by atoms with Gasteiger partial charge in [0, 0.05) is 51.5 Å². The Hall–Kier alpha value is -1.74. The van der Waals surface area contributed by atoms with E-state index in [-0.39, 0.29) is 29.0 Å². The van der Waals surface area contributed by atoms with Gasteiger partial charge in [-0.2, -0.15) is 0 Å². The summed E-state index contributed by atoms with van der Waals surface area (Å²) in [6.45, 7) is 4.02. The number of fused-ring (bicyclic) bond motifs is 2. The number of piperidine rings is 1. The Bertz CT molecular complexity index is 792. The number of carbonyl (C=O) groups excluding carboxylic acids is 1. The second-order valence-corrected chi connectivity index (χ2v) is 9.72. The van der Waals surface area contributed by atoms with Crippen LogP contribution in [0.4, 0.5) is 5.95 Å². The molecular formula is C17H25N5O3S. The summed E-state index contributed by atoms with van der Waals surface area (Å²) in [4.78, 5) is 25.5. The van der Waals surface area contributed by atoms with Gasteiger partial charge in [0.2, 0.25) is 21.9 Å². The average molecular weight is 379 g/mol. The molecule has 3 aliphatic heterocycles. The quantitative estimate of drug-likeness (QED) is 0.745. The van der Waals surface area contributed by atoms with Crippen LogP contribution in [0.1, 0.15) is 19.8 Å². The highest BCUT2D eigenvalue weighted by atomic mass is 32.2. The van der Waals surface area contributed by atoms with Gasteiger partial charge in [-0.05, 0) is 25.8 Å². The van der Waals surface area contributed by atoms with E-state index in [0.717, 1.165) is 6.54 Å². The smallest absolute Gasteiger partial charge is 0.228 e. The molecule has 26 heavy (non-hydrogen) atoms. The Labute approximate surface area is 154 Å². The van der Waals surface area contributed by atoms with Gasteiger partial charge in [-0.15, -0.1) is 0 Å². The van der Waals surface area contributed by atoms with E-state index < -0.39 is 10.0 Å². The molecular weight excluding hydrogens is 354 g/mol. The zero-order valence-electron chi connectivity index (χ0n) is 15.2. The summed E-state index contributed by atoms with van der Waals surface area (Å²) in [6, 6.07) is 1.78. The summed E-state index contributed by atoms with van der Waals surface area (Å²) in [5, 5.41) is 0. The van der Waals surface area contributed by atoms with Crippen LogP contribution in [0.3, 0.4) is 0 Å². The fourth-order valence-electron chi connectivity index (χ4n) is 4.97. The van der Waals surface area contributed by atoms with E-state index in [1.54, 1.807) is 29.7 Å². The molecule has 142 valence electrons. The molecule has 9 heteroatoms. The molecule has 0 N–H and O–H groups in total. The van der Waals surface area contributed by atoms with Gasteiger partial charge in [0.15, 0.2) is 0 Å². The van der Waals surface area contributed by atoms with Crippen LogP contribution in [0, 0.1) is 11.8 Å². The number of likely N-dealkylation sites (tertiary alicyclic amines) is 1. The third-order valence-corrected chi connectivity index (χ3v) is 8.39. The molecule has 0 radical (unpaired) electrons. The van der Waals surface area contributed by atoms with E-state index >= 15 is 0 Å². The molecule has 2 atom stereocenters. The highest BCUT2D eigenvalue weighted by Gasteiger charge is 2.61. The molecule has 0 saturated carbocycles. The first-order valence-corrected chi connectivity index (χ1v) is 10.8. The molecule has 0 aromatic carbocycles. The van der Waals surface area contributed by atoms with Crippen LogP contribution in [0.15, 0.2) is 18.5 Å². The number of nitrogens with zero attached hydrogens (tertiary/aromatic N) is 5. The first kappa shape index (κ1) is 17.7. The molecule has 4 rings (SSSR count). The maximum atomic E-state index is 12.9. The largest absolute Gasteiger partial charge is 0.340 e. The Balaban J connectivity index is 1.57. The zero-order chi connectivity index (χ0) is 18.5. The molecule has 0 bridgehead atoms. The molecule has 1 aromatic heterocycles. The second-order valence-electron chi connectivity index (χ2n) is 7.47. The van der Waals surface area contributed by atoms with E-state index in [1.165, 1.54) is 0 Å². The number of anilines is 1. The molecule has 8 nitrogen and oxygen atoms in total. The van der Waals surface area contributed by atoms with Crippen molar-refractivity contribution in [3.05, 3.63) is 18.5 Å². The molecule has 0 unspecified atom stereocenters. The van der Waals surface area contributed by atoms with Gasteiger partial charge in [0.25, 0.3) is 0 Å². The Morgan fingerprint density at radius 2 is 1.85 bits per heavy atom. The minimum absolute atomic E-state index is 0.0573. The first-order chi connectivity index (χ1) is 12.4. The second kappa shape index (κ2) is 6.16. The maximum absolute atomic E-state index is 12.9. The van der Waals surface area contributed by atoms with Crippen molar-refractivity contribution in [1.29, 1.82) is 0 Å². The average Bonchev–Trinajstić information content (AvgIpc) is 3.19. The van der Waals surface area contributed by atoms with Gasteiger partial charge < -0.3 is 9.80 Å². The highest BCUT2D eigenvalue weighted by Crippen LogP contribution is 2.49. The van der Waals surface area contributed by atoms with Crippen LogP contribution < -0.4 is 4.90 Å². The van der Waals surface area contributed by atoms with Crippen molar-refractivity contribution in [2.75, 3.05) is 43.9 Å². The summed E-state index contributed by atoms with van der Waals surface area (Å²) in [5.41, 5.74) is -0.259. The van der Waals surface area contributed by atoms with E-state index in [1.807, 2.05) is 11.9 Å². The van der Waals surface area contributed by atoms with Crippen LogP contribution in [-0.2, 0) is 14.8 Å². The van der Waals surface area contributed by atoms with E-state index in [0.29, 0.717) is 38.4 Å². The van der Waals surface area contributed by atoms with E-state index in [4.69, 9.17) is 0 Å². The van der Waals surface area contributed by atoms with Crippen LogP contribution in [-0.4, -0.2) is 78.0 Å². The summed E-state index contributed by atoms with van der Waals surface area (Å²) in [6.07, 6.45) is 4.82. The van der Waals surface area contributed by atoms with Crippen molar-refractivity contribution in [3.8, 4) is 0 Å². The van der Waals surface area contributed by atoms with Crippen molar-refractivity contribution >= 4 is 21.9 Å². The molecule has 0 aliphatic carbocycles. The monoisotopic (exact) mass is 379 g/mol. The minimum atomic E-state index is -3.17. The minimum Gasteiger partial charge on any atom is -0.340 e. The molecule has 4 heterocycles. The summed E-state index contributed by atoms with van der Waals surface area (Å²) in [7, 11) is -1.29. The van der Waals surface area contributed by atoms with Crippen molar-refractivity contribution in [1.82, 2.24) is 19.2 Å². The topological polar surface area (TPSA) is 86.7 Å². The van der Waals surface area contributed by atoms with Crippen LogP contribution in [0.25, 0.3) is 0 Å². The molecule has 1 amide bonds. The van der Waals surface area contributed by atoms with Gasteiger partial charge in [-0.25, -0.2) is 22.7 Å². The zero-order valence-corrected chi connectivity index (χ0v) is 16.0. The number of rotatable bonds is 3. The van der Waals surface area contributed by atoms with Gasteiger partial charge >= 0.3 is 0 Å². The van der Waals surface area contributed by atoms with Gasteiger partial charge in [0.05, 0.1) is 17.2 Å². The van der Waals surface area contributed by atoms with Crippen molar-refractivity contribution < 1.29 is 13.2 Å². The summed E-state index contributed by atoms with van der Waals surface area (Å²) < 4.78 is 26.0. The van der Waals surface area contributed by atoms with Crippen molar-refractivity contribution in [2.24, 2.45) is 11.8 Å². The number of amides is 1. The van der Waals surface area contributed by atoms with Gasteiger partial charge in [0.1, 0.15) is 0 Å². The number of carbonyl (C=O) groups is 1. The van der Waals surface area contributed by atoms with Gasteiger partial charge in [-0.3, -0.25) is 4.79 Å². The molecule has 3 aliphatic rings. The third-order valence-electron chi connectivity index (χ3n) is 6.51. The number of hydrogen-bond acceptors (Lipinski definition) is 6. The lowest BCUT2D eigenvalue weighted by molar-refractivity contribution is -0.132. The predicted molar refractivity (Wildman–Crippen MR) is 97.0 cm³/mol. The van der Waals surface area contributed by atoms with Crippen LogP contribution in [0.2, 0.25) is 0 Å². The summed E-state index contributed by atoms with van der Waals surface area (Å²) >= 11 is 0. The van der Waals surface area contributed by atoms with Crippen molar-refractivity contribution in [3.63, 3.8) is 0 Å². The third kappa shape index (κ3) is 2.51. The van der Waals surface area contributed by atoms with Crippen LogP contribution >= 0.6 is 0 Å². The lowest BCUT2D eigenvalue weighted by Gasteiger charge is -2.46. The highest BCUT2D eigenvalue weighted by molar-refractivity contribution is 7.89. The lowest BCUT2D eigenvalue weighted by Crippen LogP contribution is -2.56. The first-order valence-electron chi connectivity index (χ1n) is 9.16. The molecule has 3 fully saturated rings.